The van der Waals surface area contributed by atoms with Crippen LogP contribution < -0.4 is 0 Å². The van der Waals surface area contributed by atoms with E-state index in [9.17, 15) is 17.6 Å². The van der Waals surface area contributed by atoms with Crippen LogP contribution in [-0.2, 0) is 31.9 Å². The Labute approximate surface area is 169 Å². The second kappa shape index (κ2) is 7.97. The van der Waals surface area contributed by atoms with E-state index in [-0.39, 0.29) is 5.92 Å². The maximum Gasteiger partial charge on any atom is 0.419 e. The summed E-state index contributed by atoms with van der Waals surface area (Å²) in [5, 5.41) is 0. The number of hydrogen-bond donors (Lipinski definition) is 0. The molecule has 0 unspecified atom stereocenters. The first-order valence-electron chi connectivity index (χ1n) is 10.5. The Morgan fingerprint density at radius 1 is 0.966 bits per heavy atom. The standard InChI is InChI=1S/C25H26F4/c1-2-3-4-16-5-10-21-19(13-16)6-7-20-14-17(8-11-22(20)21)18-9-12-23(24(26)15-18)25(27,28)29/h3-4,6-7,9,12,15-17H,2,5,8,10-11,13-14H2,1H3/b4-3+/t16-,17-/m0/s1. The first kappa shape index (κ1) is 20.2. The van der Waals surface area contributed by atoms with E-state index < -0.39 is 17.6 Å². The topological polar surface area (TPSA) is 0 Å². The number of halogens is 4. The van der Waals surface area contributed by atoms with Crippen LogP contribution in [0.1, 0.15) is 65.5 Å². The van der Waals surface area contributed by atoms with E-state index in [1.165, 1.54) is 34.7 Å². The van der Waals surface area contributed by atoms with Gasteiger partial charge in [0.05, 0.1) is 5.56 Å². The fourth-order valence-corrected chi connectivity index (χ4v) is 4.99. The van der Waals surface area contributed by atoms with Gasteiger partial charge in [0.1, 0.15) is 5.82 Å². The Hall–Kier alpha value is -2.10. The number of rotatable bonds is 3. The zero-order valence-electron chi connectivity index (χ0n) is 16.7. The number of benzene rings is 2. The van der Waals surface area contributed by atoms with Gasteiger partial charge in [-0.05, 0) is 96.7 Å². The van der Waals surface area contributed by atoms with Crippen molar-refractivity contribution < 1.29 is 17.6 Å². The van der Waals surface area contributed by atoms with Crippen molar-refractivity contribution in [3.63, 3.8) is 0 Å². The predicted octanol–water partition coefficient (Wildman–Crippen LogP) is 7.19. The summed E-state index contributed by atoms with van der Waals surface area (Å²) in [6.45, 7) is 2.16. The van der Waals surface area contributed by atoms with Gasteiger partial charge in [0.2, 0.25) is 0 Å². The predicted molar refractivity (Wildman–Crippen MR) is 108 cm³/mol. The highest BCUT2D eigenvalue weighted by Crippen LogP contribution is 2.40. The molecule has 0 nitrogen and oxygen atoms in total. The molecule has 2 aliphatic rings. The lowest BCUT2D eigenvalue weighted by Crippen LogP contribution is -2.20. The van der Waals surface area contributed by atoms with Crippen LogP contribution in [0, 0.1) is 11.7 Å². The monoisotopic (exact) mass is 402 g/mol. The lowest BCUT2D eigenvalue weighted by atomic mass is 9.73. The molecule has 0 bridgehead atoms. The van der Waals surface area contributed by atoms with Crippen LogP contribution in [0.2, 0.25) is 0 Å². The van der Waals surface area contributed by atoms with Crippen LogP contribution >= 0.6 is 0 Å². The molecular weight excluding hydrogens is 376 g/mol. The summed E-state index contributed by atoms with van der Waals surface area (Å²) in [6, 6.07) is 7.84. The van der Waals surface area contributed by atoms with Crippen LogP contribution in [0.5, 0.6) is 0 Å². The molecule has 0 amide bonds. The fraction of sp³-hybridized carbons (Fsp3) is 0.440. The summed E-state index contributed by atoms with van der Waals surface area (Å²) in [7, 11) is 0. The molecule has 0 fully saturated rings. The Kier molecular flexibility index (Phi) is 5.54. The number of fused-ring (bicyclic) bond motifs is 3. The van der Waals surface area contributed by atoms with Crippen LogP contribution in [-0.4, -0.2) is 0 Å². The smallest absolute Gasteiger partial charge is 0.206 e. The minimum Gasteiger partial charge on any atom is -0.206 e. The van der Waals surface area contributed by atoms with E-state index in [1.807, 2.05) is 0 Å². The first-order valence-corrected chi connectivity index (χ1v) is 10.5. The third kappa shape index (κ3) is 4.12. The molecule has 0 radical (unpaired) electrons. The SMILES string of the molecule is CC/C=C/[C@H]1CCc2c(ccc3c2CC[C@H](c2ccc(C(F)(F)F)c(F)c2)C3)C1. The van der Waals surface area contributed by atoms with Gasteiger partial charge in [-0.2, -0.15) is 13.2 Å². The zero-order chi connectivity index (χ0) is 20.6. The normalized spacial score (nSPS) is 21.8. The van der Waals surface area contributed by atoms with Crippen LogP contribution in [0.3, 0.4) is 0 Å². The van der Waals surface area contributed by atoms with Crippen molar-refractivity contribution >= 4 is 0 Å². The van der Waals surface area contributed by atoms with Crippen LogP contribution in [0.25, 0.3) is 0 Å². The van der Waals surface area contributed by atoms with Crippen LogP contribution in [0.4, 0.5) is 17.6 Å². The Bertz CT molecular complexity index is 923. The van der Waals surface area contributed by atoms with Crippen molar-refractivity contribution in [2.75, 3.05) is 0 Å². The summed E-state index contributed by atoms with van der Waals surface area (Å²) < 4.78 is 52.5. The maximum atomic E-state index is 14.0. The van der Waals surface area contributed by atoms with E-state index in [0.717, 1.165) is 50.7 Å². The highest BCUT2D eigenvalue weighted by atomic mass is 19.4. The highest BCUT2D eigenvalue weighted by Gasteiger charge is 2.34. The van der Waals surface area contributed by atoms with Gasteiger partial charge in [-0.3, -0.25) is 0 Å². The van der Waals surface area contributed by atoms with E-state index in [2.05, 4.69) is 31.2 Å². The second-order valence-corrected chi connectivity index (χ2v) is 8.36. The van der Waals surface area contributed by atoms with Crippen molar-refractivity contribution in [1.29, 1.82) is 0 Å². The second-order valence-electron chi connectivity index (χ2n) is 8.36. The minimum atomic E-state index is -4.65. The summed E-state index contributed by atoms with van der Waals surface area (Å²) in [5.74, 6) is -0.481. The van der Waals surface area contributed by atoms with Crippen molar-refractivity contribution in [2.24, 2.45) is 5.92 Å². The molecule has 0 N–H and O–H groups in total. The quantitative estimate of drug-likeness (QED) is 0.376. The van der Waals surface area contributed by atoms with E-state index in [1.54, 1.807) is 0 Å². The van der Waals surface area contributed by atoms with Gasteiger partial charge in [0.25, 0.3) is 0 Å². The zero-order valence-corrected chi connectivity index (χ0v) is 16.7. The summed E-state index contributed by atoms with van der Waals surface area (Å²) in [4.78, 5) is 0. The molecule has 0 saturated carbocycles. The average Bonchev–Trinajstić information content (AvgIpc) is 2.70. The van der Waals surface area contributed by atoms with E-state index in [0.29, 0.717) is 11.5 Å². The first-order chi connectivity index (χ1) is 13.9. The summed E-state index contributed by atoms with van der Waals surface area (Å²) >= 11 is 0. The third-order valence-electron chi connectivity index (χ3n) is 6.50. The Morgan fingerprint density at radius 3 is 2.31 bits per heavy atom. The van der Waals surface area contributed by atoms with Crippen LogP contribution in [0.15, 0.2) is 42.5 Å². The van der Waals surface area contributed by atoms with Gasteiger partial charge in [-0.1, -0.05) is 37.3 Å². The van der Waals surface area contributed by atoms with Crippen molar-refractivity contribution in [1.82, 2.24) is 0 Å². The fourth-order valence-electron chi connectivity index (χ4n) is 4.99. The third-order valence-corrected chi connectivity index (χ3v) is 6.50. The summed E-state index contributed by atoms with van der Waals surface area (Å²) in [6.07, 6.45) is 6.92. The molecular formula is C25H26F4. The number of alkyl halides is 3. The van der Waals surface area contributed by atoms with Gasteiger partial charge in [0.15, 0.2) is 0 Å². The van der Waals surface area contributed by atoms with Gasteiger partial charge in [0, 0.05) is 0 Å². The molecule has 4 heteroatoms. The molecule has 29 heavy (non-hydrogen) atoms. The average molecular weight is 402 g/mol. The van der Waals surface area contributed by atoms with Crippen molar-refractivity contribution in [2.45, 2.75) is 64.0 Å². The Balaban J connectivity index is 1.55. The molecule has 4 rings (SSSR count). The molecule has 2 aliphatic carbocycles. The van der Waals surface area contributed by atoms with E-state index in [4.69, 9.17) is 0 Å². The number of allylic oxidation sites excluding steroid dienone is 2. The van der Waals surface area contributed by atoms with Crippen molar-refractivity contribution in [3.8, 4) is 0 Å². The maximum absolute atomic E-state index is 14.0. The minimum absolute atomic E-state index is 0.0705. The van der Waals surface area contributed by atoms with Gasteiger partial charge in [-0.15, -0.1) is 0 Å². The van der Waals surface area contributed by atoms with Gasteiger partial charge < -0.3 is 0 Å². The lowest BCUT2D eigenvalue weighted by Gasteiger charge is -2.31. The highest BCUT2D eigenvalue weighted by molar-refractivity contribution is 5.46. The molecule has 0 heterocycles. The lowest BCUT2D eigenvalue weighted by molar-refractivity contribution is -0.140. The summed E-state index contributed by atoms with van der Waals surface area (Å²) in [5.41, 5.74) is 5.13. The molecule has 0 spiro atoms. The Morgan fingerprint density at radius 2 is 1.66 bits per heavy atom. The van der Waals surface area contributed by atoms with Gasteiger partial charge in [-0.25, -0.2) is 4.39 Å². The molecule has 2 atom stereocenters. The van der Waals surface area contributed by atoms with Crippen molar-refractivity contribution in [3.05, 3.63) is 81.7 Å². The largest absolute Gasteiger partial charge is 0.419 e. The van der Waals surface area contributed by atoms with E-state index >= 15 is 0 Å². The molecule has 0 aliphatic heterocycles. The molecule has 0 aromatic heterocycles. The molecule has 154 valence electrons. The molecule has 2 aromatic rings. The van der Waals surface area contributed by atoms with Gasteiger partial charge >= 0.3 is 6.18 Å². The molecule has 0 saturated heterocycles. The number of hydrogen-bond acceptors (Lipinski definition) is 0. The molecule has 2 aromatic carbocycles.